The van der Waals surface area contributed by atoms with Crippen molar-refractivity contribution in [2.45, 2.75) is 12.6 Å². The molecule has 0 bridgehead atoms. The van der Waals surface area contributed by atoms with Crippen molar-refractivity contribution >= 4 is 22.4 Å². The largest absolute Gasteiger partial charge is 0.416 e. The van der Waals surface area contributed by atoms with Crippen LogP contribution in [0.1, 0.15) is 32.7 Å². The van der Waals surface area contributed by atoms with Crippen LogP contribution in [-0.2, 0) is 12.6 Å². The second kappa shape index (κ2) is 8.59. The highest BCUT2D eigenvalue weighted by Gasteiger charge is 2.30. The number of amides is 1. The minimum atomic E-state index is -4.49. The number of carbonyl (C=O) groups is 1. The molecule has 1 amide bonds. The average Bonchev–Trinajstić information content (AvgIpc) is 2.81. The van der Waals surface area contributed by atoms with Gasteiger partial charge in [0.05, 0.1) is 28.3 Å². The maximum Gasteiger partial charge on any atom is 0.416 e. The summed E-state index contributed by atoms with van der Waals surface area (Å²) in [6.45, 7) is 0. The van der Waals surface area contributed by atoms with Crippen LogP contribution in [0.15, 0.2) is 71.5 Å². The smallest absolute Gasteiger partial charge is 0.322 e. The van der Waals surface area contributed by atoms with Crippen molar-refractivity contribution in [3.05, 3.63) is 105 Å². The van der Waals surface area contributed by atoms with Crippen LogP contribution in [0.5, 0.6) is 0 Å². The van der Waals surface area contributed by atoms with E-state index in [4.69, 9.17) is 5.26 Å². The number of aromatic nitrogens is 2. The predicted molar refractivity (Wildman–Crippen MR) is 116 cm³/mol. The molecule has 4 aromatic rings. The first-order valence-electron chi connectivity index (χ1n) is 9.73. The van der Waals surface area contributed by atoms with Gasteiger partial charge in [0.25, 0.3) is 11.5 Å². The molecule has 1 heterocycles. The maximum absolute atomic E-state index is 12.7. The molecule has 0 atom stereocenters. The van der Waals surface area contributed by atoms with Crippen LogP contribution in [-0.4, -0.2) is 16.1 Å². The summed E-state index contributed by atoms with van der Waals surface area (Å²) in [6, 6.07) is 17.6. The van der Waals surface area contributed by atoms with Crippen molar-refractivity contribution in [3.8, 4) is 6.07 Å². The molecular formula is C24H15F3N4O2. The third-order valence-electron chi connectivity index (χ3n) is 5.05. The number of hydrogen-bond acceptors (Lipinski definition) is 4. The van der Waals surface area contributed by atoms with Crippen LogP contribution in [0.4, 0.5) is 18.9 Å². The van der Waals surface area contributed by atoms with Gasteiger partial charge in [-0.2, -0.15) is 23.5 Å². The zero-order valence-corrected chi connectivity index (χ0v) is 16.9. The van der Waals surface area contributed by atoms with Crippen LogP contribution >= 0.6 is 0 Å². The molecule has 3 aromatic carbocycles. The van der Waals surface area contributed by atoms with E-state index in [1.165, 1.54) is 6.07 Å². The summed E-state index contributed by atoms with van der Waals surface area (Å²) in [5.74, 6) is -0.605. The third-order valence-corrected chi connectivity index (χ3v) is 5.05. The number of H-pyrrole nitrogens is 1. The number of halogens is 3. The van der Waals surface area contributed by atoms with Crippen LogP contribution < -0.4 is 10.9 Å². The van der Waals surface area contributed by atoms with E-state index in [-0.39, 0.29) is 5.56 Å². The Balaban J connectivity index is 1.59. The second-order valence-electron chi connectivity index (χ2n) is 7.27. The summed E-state index contributed by atoms with van der Waals surface area (Å²) < 4.78 is 38.1. The van der Waals surface area contributed by atoms with E-state index in [0.717, 1.165) is 29.8 Å². The van der Waals surface area contributed by atoms with Gasteiger partial charge in [-0.3, -0.25) is 9.59 Å². The fourth-order valence-electron chi connectivity index (χ4n) is 3.34. The van der Waals surface area contributed by atoms with Gasteiger partial charge in [-0.25, -0.2) is 5.10 Å². The van der Waals surface area contributed by atoms with Gasteiger partial charge in [-0.05, 0) is 54.1 Å². The van der Waals surface area contributed by atoms with Crippen molar-refractivity contribution in [3.63, 3.8) is 0 Å². The molecule has 0 radical (unpaired) electrons. The van der Waals surface area contributed by atoms with Crippen molar-refractivity contribution in [1.82, 2.24) is 10.2 Å². The summed E-state index contributed by atoms with van der Waals surface area (Å²) in [7, 11) is 0. The summed E-state index contributed by atoms with van der Waals surface area (Å²) in [4.78, 5) is 24.8. The number of nitrogens with one attached hydrogen (secondary N) is 2. The molecule has 6 nitrogen and oxygen atoms in total. The average molecular weight is 448 g/mol. The Bertz CT molecular complexity index is 1430. The molecule has 33 heavy (non-hydrogen) atoms. The number of anilines is 1. The lowest BCUT2D eigenvalue weighted by Crippen LogP contribution is -2.15. The highest BCUT2D eigenvalue weighted by atomic mass is 19.4. The lowest BCUT2D eigenvalue weighted by molar-refractivity contribution is -0.137. The van der Waals surface area contributed by atoms with Crippen molar-refractivity contribution in [1.29, 1.82) is 5.26 Å². The van der Waals surface area contributed by atoms with Crippen LogP contribution in [0.2, 0.25) is 0 Å². The van der Waals surface area contributed by atoms with Crippen molar-refractivity contribution in [2.24, 2.45) is 0 Å². The van der Waals surface area contributed by atoms with Gasteiger partial charge in [0.2, 0.25) is 0 Å². The van der Waals surface area contributed by atoms with E-state index in [1.54, 1.807) is 36.4 Å². The number of fused-ring (bicyclic) bond motifs is 1. The number of carbonyl (C=O) groups excluding carboxylic acids is 1. The predicted octanol–water partition coefficient (Wildman–Crippen LogP) is 4.66. The minimum Gasteiger partial charge on any atom is -0.322 e. The highest BCUT2D eigenvalue weighted by molar-refractivity contribution is 6.05. The molecule has 9 heteroatoms. The zero-order valence-electron chi connectivity index (χ0n) is 16.9. The molecule has 0 fully saturated rings. The highest BCUT2D eigenvalue weighted by Crippen LogP contribution is 2.29. The van der Waals surface area contributed by atoms with E-state index in [1.807, 2.05) is 0 Å². The Labute approximate surface area is 185 Å². The molecule has 1 aromatic heterocycles. The number of aromatic amines is 1. The molecule has 0 saturated carbocycles. The fourth-order valence-corrected chi connectivity index (χ4v) is 3.34. The van der Waals surface area contributed by atoms with Gasteiger partial charge in [-0.1, -0.05) is 18.2 Å². The Hall–Kier alpha value is -4.45. The van der Waals surface area contributed by atoms with Gasteiger partial charge >= 0.3 is 6.18 Å². The SMILES string of the molecule is N#Cc1ccc(Cc2n[nH]c(=O)c3cc(NC(=O)c4ccc(C(F)(F)F)cc4)ccc23)cc1. The van der Waals surface area contributed by atoms with Gasteiger partial charge in [0.1, 0.15) is 0 Å². The third kappa shape index (κ3) is 4.75. The summed E-state index contributed by atoms with van der Waals surface area (Å²) in [5, 5.41) is 19.0. The first kappa shape index (κ1) is 21.8. The molecule has 0 unspecified atom stereocenters. The molecule has 164 valence electrons. The maximum atomic E-state index is 12.7. The number of alkyl halides is 3. The van der Waals surface area contributed by atoms with Gasteiger partial charge in [0.15, 0.2) is 0 Å². The Morgan fingerprint density at radius 1 is 1.00 bits per heavy atom. The normalized spacial score (nSPS) is 11.2. The topological polar surface area (TPSA) is 98.6 Å². The molecule has 4 rings (SSSR count). The Morgan fingerprint density at radius 3 is 2.33 bits per heavy atom. The molecule has 0 spiro atoms. The van der Waals surface area contributed by atoms with Gasteiger partial charge in [-0.15, -0.1) is 0 Å². The molecule has 2 N–H and O–H groups in total. The molecule has 0 aliphatic rings. The Kier molecular flexibility index (Phi) is 5.67. The summed E-state index contributed by atoms with van der Waals surface area (Å²) in [6.07, 6.45) is -4.08. The molecular weight excluding hydrogens is 433 g/mol. The van der Waals surface area contributed by atoms with Crippen LogP contribution in [0, 0.1) is 11.3 Å². The van der Waals surface area contributed by atoms with E-state index in [9.17, 15) is 22.8 Å². The van der Waals surface area contributed by atoms with E-state index >= 15 is 0 Å². The van der Waals surface area contributed by atoms with Crippen molar-refractivity contribution in [2.75, 3.05) is 5.32 Å². The first-order valence-corrected chi connectivity index (χ1v) is 9.73. The van der Waals surface area contributed by atoms with Crippen LogP contribution in [0.25, 0.3) is 10.8 Å². The van der Waals surface area contributed by atoms with Crippen LogP contribution in [0.3, 0.4) is 0 Å². The molecule has 0 aliphatic heterocycles. The first-order chi connectivity index (χ1) is 15.7. The number of nitrogens with zero attached hydrogens (tertiary/aromatic N) is 2. The Morgan fingerprint density at radius 2 is 1.70 bits per heavy atom. The zero-order chi connectivity index (χ0) is 23.6. The van der Waals surface area contributed by atoms with E-state index in [0.29, 0.717) is 34.1 Å². The standard InChI is InChI=1S/C24H15F3N4O2/c25-24(26,27)17-7-5-16(6-8-17)22(32)29-18-9-10-19-20(12-18)23(33)31-30-21(19)11-14-1-3-15(13-28)4-2-14/h1-10,12H,11H2,(H,29,32)(H,31,33). The van der Waals surface area contributed by atoms with Gasteiger partial charge < -0.3 is 5.32 Å². The van der Waals surface area contributed by atoms with E-state index < -0.39 is 23.2 Å². The van der Waals surface area contributed by atoms with E-state index in [2.05, 4.69) is 21.6 Å². The lowest BCUT2D eigenvalue weighted by Gasteiger charge is -2.10. The summed E-state index contributed by atoms with van der Waals surface area (Å²) >= 11 is 0. The van der Waals surface area contributed by atoms with Gasteiger partial charge in [0, 0.05) is 23.1 Å². The fraction of sp³-hybridized carbons (Fsp3) is 0.0833. The number of rotatable bonds is 4. The second-order valence-corrected chi connectivity index (χ2v) is 7.27. The number of hydrogen-bond donors (Lipinski definition) is 2. The minimum absolute atomic E-state index is 0.0493. The lowest BCUT2D eigenvalue weighted by atomic mass is 10.0. The number of benzene rings is 3. The van der Waals surface area contributed by atoms with Crippen molar-refractivity contribution < 1.29 is 18.0 Å². The quantitative estimate of drug-likeness (QED) is 0.475. The monoisotopic (exact) mass is 448 g/mol. The molecule has 0 saturated heterocycles. The molecule has 0 aliphatic carbocycles. The number of nitriles is 1. The summed E-state index contributed by atoms with van der Waals surface area (Å²) in [5.41, 5.74) is 1.11.